The van der Waals surface area contributed by atoms with E-state index in [9.17, 15) is 0 Å². The van der Waals surface area contributed by atoms with Crippen LogP contribution in [-0.2, 0) is 0 Å². The average Bonchev–Trinajstić information content (AvgIpc) is 2.16. The Hall–Kier alpha value is -1.41. The van der Waals surface area contributed by atoms with Crippen LogP contribution in [0.4, 0.5) is 0 Å². The topological polar surface area (TPSA) is 36.7 Å². The van der Waals surface area contributed by atoms with Crippen molar-refractivity contribution in [1.82, 2.24) is 4.98 Å². The molecule has 1 N–H and O–H groups in total. The molecule has 0 atom stereocenters. The molecule has 1 aromatic heterocycles. The molecule has 0 fully saturated rings. The van der Waals surface area contributed by atoms with Gasteiger partial charge in [0.05, 0.1) is 5.52 Å². The van der Waals surface area contributed by atoms with Gasteiger partial charge in [0.1, 0.15) is 5.15 Å². The van der Waals surface area contributed by atoms with Crippen molar-refractivity contribution in [1.29, 1.82) is 5.41 Å². The molecule has 0 bridgehead atoms. The Morgan fingerprint density at radius 3 is 2.79 bits per heavy atom. The number of para-hydroxylation sites is 1. The predicted octanol–water partition coefficient (Wildman–Crippen LogP) is 3.28. The van der Waals surface area contributed by atoms with Gasteiger partial charge >= 0.3 is 0 Å². The molecule has 0 saturated heterocycles. The summed E-state index contributed by atoms with van der Waals surface area (Å²) < 4.78 is 0. The molecule has 14 heavy (non-hydrogen) atoms. The third-order valence-corrected chi connectivity index (χ3v) is 2.30. The second kappa shape index (κ2) is 3.39. The van der Waals surface area contributed by atoms with Gasteiger partial charge in [-0.2, -0.15) is 0 Å². The van der Waals surface area contributed by atoms with Gasteiger partial charge in [-0.3, -0.25) is 0 Å². The number of rotatable bonds is 1. The van der Waals surface area contributed by atoms with E-state index in [0.29, 0.717) is 10.9 Å². The van der Waals surface area contributed by atoms with Gasteiger partial charge in [0, 0.05) is 16.7 Å². The Labute approximate surface area is 87.1 Å². The van der Waals surface area contributed by atoms with Crippen LogP contribution in [0.2, 0.25) is 5.15 Å². The van der Waals surface area contributed by atoms with E-state index in [1.165, 1.54) is 0 Å². The Morgan fingerprint density at radius 1 is 1.29 bits per heavy atom. The van der Waals surface area contributed by atoms with Crippen LogP contribution in [0.3, 0.4) is 0 Å². The summed E-state index contributed by atoms with van der Waals surface area (Å²) >= 11 is 5.81. The minimum Gasteiger partial charge on any atom is -0.305 e. The average molecular weight is 205 g/mol. The van der Waals surface area contributed by atoms with Crippen LogP contribution in [0.5, 0.6) is 0 Å². The maximum atomic E-state index is 7.60. The molecule has 0 aliphatic carbocycles. The van der Waals surface area contributed by atoms with Crippen LogP contribution in [0.1, 0.15) is 12.5 Å². The highest BCUT2D eigenvalue weighted by molar-refractivity contribution is 6.30. The molecule has 3 heteroatoms. The van der Waals surface area contributed by atoms with E-state index in [1.807, 2.05) is 24.3 Å². The molecule has 2 nitrogen and oxygen atoms in total. The molecule has 2 rings (SSSR count). The highest BCUT2D eigenvalue weighted by Gasteiger charge is 2.04. The summed E-state index contributed by atoms with van der Waals surface area (Å²) in [5, 5.41) is 9.08. The van der Waals surface area contributed by atoms with E-state index in [2.05, 4.69) is 4.98 Å². The normalized spacial score (nSPS) is 10.4. The van der Waals surface area contributed by atoms with Crippen molar-refractivity contribution >= 4 is 28.2 Å². The number of aromatic nitrogens is 1. The maximum absolute atomic E-state index is 7.60. The molecule has 0 aliphatic heterocycles. The van der Waals surface area contributed by atoms with Gasteiger partial charge in [-0.25, -0.2) is 4.98 Å². The first-order valence-corrected chi connectivity index (χ1v) is 4.67. The van der Waals surface area contributed by atoms with E-state index in [4.69, 9.17) is 17.0 Å². The summed E-state index contributed by atoms with van der Waals surface area (Å²) in [4.78, 5) is 4.22. The zero-order chi connectivity index (χ0) is 10.1. The molecule has 70 valence electrons. The number of halogens is 1. The number of fused-ring (bicyclic) bond motifs is 1. The Bertz CT molecular complexity index is 506. The fraction of sp³-hybridized carbons (Fsp3) is 0.0909. The molecule has 0 spiro atoms. The Balaban J connectivity index is 2.84. The highest BCUT2D eigenvalue weighted by Crippen LogP contribution is 2.19. The van der Waals surface area contributed by atoms with Crippen molar-refractivity contribution in [2.45, 2.75) is 6.92 Å². The number of hydrogen-bond donors (Lipinski definition) is 1. The van der Waals surface area contributed by atoms with E-state index in [0.717, 1.165) is 16.5 Å². The first-order chi connectivity index (χ1) is 6.68. The second-order valence-electron chi connectivity index (χ2n) is 3.14. The van der Waals surface area contributed by atoms with Gasteiger partial charge in [-0.1, -0.05) is 29.8 Å². The minimum absolute atomic E-state index is 0.464. The molecule has 1 heterocycles. The first-order valence-electron chi connectivity index (χ1n) is 4.29. The number of nitrogens with zero attached hydrogens (tertiary/aromatic N) is 1. The third-order valence-electron chi connectivity index (χ3n) is 2.09. The van der Waals surface area contributed by atoms with Gasteiger partial charge in [-0.05, 0) is 19.1 Å². The number of hydrogen-bond acceptors (Lipinski definition) is 2. The van der Waals surface area contributed by atoms with Crippen LogP contribution in [-0.4, -0.2) is 10.7 Å². The fourth-order valence-corrected chi connectivity index (χ4v) is 1.57. The monoisotopic (exact) mass is 204 g/mol. The number of nitrogens with one attached hydrogen (secondary N) is 1. The van der Waals surface area contributed by atoms with Crippen molar-refractivity contribution in [3.05, 3.63) is 41.0 Å². The van der Waals surface area contributed by atoms with Crippen LogP contribution in [0.25, 0.3) is 10.9 Å². The smallest absolute Gasteiger partial charge is 0.129 e. The van der Waals surface area contributed by atoms with Crippen LogP contribution < -0.4 is 0 Å². The highest BCUT2D eigenvalue weighted by atomic mass is 35.5. The van der Waals surface area contributed by atoms with Gasteiger partial charge < -0.3 is 5.41 Å². The molecule has 0 radical (unpaired) electrons. The summed E-state index contributed by atoms with van der Waals surface area (Å²) in [7, 11) is 0. The quantitative estimate of drug-likeness (QED) is 0.562. The zero-order valence-electron chi connectivity index (χ0n) is 7.71. The van der Waals surface area contributed by atoms with Crippen LogP contribution >= 0.6 is 11.6 Å². The van der Waals surface area contributed by atoms with E-state index >= 15 is 0 Å². The molecule has 0 unspecified atom stereocenters. The summed E-state index contributed by atoms with van der Waals surface area (Å²) in [5.74, 6) is 0. The van der Waals surface area contributed by atoms with Crippen LogP contribution in [0, 0.1) is 5.41 Å². The van der Waals surface area contributed by atoms with Gasteiger partial charge in [0.25, 0.3) is 0 Å². The number of pyridine rings is 1. The number of benzene rings is 1. The zero-order valence-corrected chi connectivity index (χ0v) is 8.47. The third kappa shape index (κ3) is 1.49. The van der Waals surface area contributed by atoms with E-state index in [1.54, 1.807) is 13.0 Å². The molecular formula is C11H9ClN2. The van der Waals surface area contributed by atoms with Crippen molar-refractivity contribution in [2.75, 3.05) is 0 Å². The fourth-order valence-electron chi connectivity index (χ4n) is 1.43. The van der Waals surface area contributed by atoms with Gasteiger partial charge in [0.15, 0.2) is 0 Å². The predicted molar refractivity (Wildman–Crippen MR) is 59.3 cm³/mol. The van der Waals surface area contributed by atoms with Crippen molar-refractivity contribution in [3.63, 3.8) is 0 Å². The molecule has 2 aromatic rings. The van der Waals surface area contributed by atoms with Crippen LogP contribution in [0.15, 0.2) is 30.3 Å². The van der Waals surface area contributed by atoms with Crippen molar-refractivity contribution < 1.29 is 0 Å². The lowest BCUT2D eigenvalue weighted by Crippen LogP contribution is -1.95. The maximum Gasteiger partial charge on any atom is 0.129 e. The molecule has 0 aliphatic rings. The lowest BCUT2D eigenvalue weighted by Gasteiger charge is -2.03. The molecule has 0 amide bonds. The van der Waals surface area contributed by atoms with E-state index < -0.39 is 0 Å². The first kappa shape index (κ1) is 9.16. The standard InChI is InChI=1S/C11H9ClN2/c1-7(13)9-4-2-3-8-5-6-10(12)14-11(8)9/h2-6,13H,1H3. The Morgan fingerprint density at radius 2 is 2.07 bits per heavy atom. The summed E-state index contributed by atoms with van der Waals surface area (Å²) in [5.41, 5.74) is 2.14. The van der Waals surface area contributed by atoms with Gasteiger partial charge in [-0.15, -0.1) is 0 Å². The SMILES string of the molecule is CC(=N)c1cccc2ccc(Cl)nc12. The summed E-state index contributed by atoms with van der Waals surface area (Å²) in [6, 6.07) is 9.44. The Kier molecular flexibility index (Phi) is 2.22. The molecular weight excluding hydrogens is 196 g/mol. The largest absolute Gasteiger partial charge is 0.305 e. The van der Waals surface area contributed by atoms with E-state index in [-0.39, 0.29) is 0 Å². The van der Waals surface area contributed by atoms with Gasteiger partial charge in [0.2, 0.25) is 0 Å². The van der Waals surface area contributed by atoms with Crippen molar-refractivity contribution in [3.8, 4) is 0 Å². The minimum atomic E-state index is 0.464. The molecule has 1 aromatic carbocycles. The second-order valence-corrected chi connectivity index (χ2v) is 3.52. The lowest BCUT2D eigenvalue weighted by atomic mass is 10.1. The summed E-state index contributed by atoms with van der Waals surface area (Å²) in [6.07, 6.45) is 0. The lowest BCUT2D eigenvalue weighted by molar-refractivity contribution is 1.38. The summed E-state index contributed by atoms with van der Waals surface area (Å²) in [6.45, 7) is 1.75. The molecule has 0 saturated carbocycles. The van der Waals surface area contributed by atoms with Crippen molar-refractivity contribution in [2.24, 2.45) is 0 Å².